The third kappa shape index (κ3) is 3.30. The summed E-state index contributed by atoms with van der Waals surface area (Å²) < 4.78 is 0.786. The zero-order valence-corrected chi connectivity index (χ0v) is 11.1. The molecule has 0 saturated heterocycles. The van der Waals surface area contributed by atoms with Crippen molar-refractivity contribution in [2.24, 2.45) is 0 Å². The van der Waals surface area contributed by atoms with Crippen molar-refractivity contribution in [2.75, 3.05) is 5.73 Å². The quantitative estimate of drug-likeness (QED) is 0.855. The van der Waals surface area contributed by atoms with Crippen LogP contribution in [0.5, 0.6) is 0 Å². The second-order valence-electron chi connectivity index (χ2n) is 3.82. The minimum atomic E-state index is -0.160. The Morgan fingerprint density at radius 2 is 2.22 bits per heavy atom. The molecule has 3 N–H and O–H groups in total. The van der Waals surface area contributed by atoms with E-state index in [1.54, 1.807) is 30.6 Å². The standard InChI is InChI=1S/C13H12BrN3O/c14-11-4-10(5-12(15)6-11)13(18)17-8-9-2-1-3-16-7-9/h1-7H,8,15H2,(H,17,18). The summed E-state index contributed by atoms with van der Waals surface area (Å²) in [6, 6.07) is 8.86. The number of hydrogen-bond acceptors (Lipinski definition) is 3. The molecule has 1 amide bonds. The van der Waals surface area contributed by atoms with Crippen molar-refractivity contribution in [3.63, 3.8) is 0 Å². The van der Waals surface area contributed by atoms with Crippen molar-refractivity contribution in [3.8, 4) is 0 Å². The average Bonchev–Trinajstić information content (AvgIpc) is 2.36. The molecular weight excluding hydrogens is 294 g/mol. The third-order valence-corrected chi connectivity index (χ3v) is 2.82. The molecule has 1 heterocycles. The molecule has 2 aromatic rings. The molecule has 0 bridgehead atoms. The highest BCUT2D eigenvalue weighted by molar-refractivity contribution is 9.10. The second-order valence-corrected chi connectivity index (χ2v) is 4.73. The van der Waals surface area contributed by atoms with E-state index in [-0.39, 0.29) is 5.91 Å². The number of amides is 1. The molecule has 0 unspecified atom stereocenters. The Morgan fingerprint density at radius 3 is 2.89 bits per heavy atom. The van der Waals surface area contributed by atoms with Crippen LogP contribution < -0.4 is 11.1 Å². The fourth-order valence-corrected chi connectivity index (χ4v) is 2.04. The van der Waals surface area contributed by atoms with Crippen LogP contribution in [0.1, 0.15) is 15.9 Å². The summed E-state index contributed by atoms with van der Waals surface area (Å²) in [4.78, 5) is 15.9. The highest BCUT2D eigenvalue weighted by Crippen LogP contribution is 2.17. The van der Waals surface area contributed by atoms with E-state index in [9.17, 15) is 4.79 Å². The summed E-state index contributed by atoms with van der Waals surface area (Å²) >= 11 is 3.31. The molecule has 5 heteroatoms. The van der Waals surface area contributed by atoms with Gasteiger partial charge >= 0.3 is 0 Å². The lowest BCUT2D eigenvalue weighted by atomic mass is 10.2. The van der Waals surface area contributed by atoms with Crippen molar-refractivity contribution in [3.05, 3.63) is 58.3 Å². The monoisotopic (exact) mass is 305 g/mol. The highest BCUT2D eigenvalue weighted by atomic mass is 79.9. The van der Waals surface area contributed by atoms with Gasteiger partial charge in [0.25, 0.3) is 5.91 Å². The predicted octanol–water partition coefficient (Wildman–Crippen LogP) is 2.36. The number of carbonyl (C=O) groups excluding carboxylic acids is 1. The molecule has 0 aliphatic carbocycles. The van der Waals surface area contributed by atoms with Crippen LogP contribution in [0.4, 0.5) is 5.69 Å². The second kappa shape index (κ2) is 5.64. The van der Waals surface area contributed by atoms with Crippen molar-refractivity contribution in [1.82, 2.24) is 10.3 Å². The number of nitrogens with one attached hydrogen (secondary N) is 1. The maximum absolute atomic E-state index is 11.9. The Balaban J connectivity index is 2.04. The molecule has 18 heavy (non-hydrogen) atoms. The van der Waals surface area contributed by atoms with Gasteiger partial charge in [0.1, 0.15) is 0 Å². The van der Waals surface area contributed by atoms with E-state index in [1.165, 1.54) is 0 Å². The van der Waals surface area contributed by atoms with Crippen LogP contribution in [0.3, 0.4) is 0 Å². The van der Waals surface area contributed by atoms with E-state index >= 15 is 0 Å². The van der Waals surface area contributed by atoms with Crippen molar-refractivity contribution >= 4 is 27.5 Å². The van der Waals surface area contributed by atoms with Crippen LogP contribution in [0.15, 0.2) is 47.2 Å². The van der Waals surface area contributed by atoms with Crippen molar-refractivity contribution < 1.29 is 4.79 Å². The van der Waals surface area contributed by atoms with Gasteiger partial charge in [-0.2, -0.15) is 0 Å². The summed E-state index contributed by atoms with van der Waals surface area (Å²) in [6.07, 6.45) is 3.41. The number of anilines is 1. The molecule has 1 aromatic carbocycles. The number of nitrogens with zero attached hydrogens (tertiary/aromatic N) is 1. The summed E-state index contributed by atoms with van der Waals surface area (Å²) in [7, 11) is 0. The number of rotatable bonds is 3. The highest BCUT2D eigenvalue weighted by Gasteiger charge is 2.06. The van der Waals surface area contributed by atoms with Gasteiger partial charge in [-0.3, -0.25) is 9.78 Å². The number of halogens is 1. The largest absolute Gasteiger partial charge is 0.399 e. The van der Waals surface area contributed by atoms with E-state index < -0.39 is 0 Å². The van der Waals surface area contributed by atoms with Gasteiger partial charge in [0.15, 0.2) is 0 Å². The number of nitrogen functional groups attached to an aromatic ring is 1. The van der Waals surface area contributed by atoms with E-state index in [4.69, 9.17) is 5.73 Å². The minimum absolute atomic E-state index is 0.160. The topological polar surface area (TPSA) is 68.0 Å². The molecule has 92 valence electrons. The van der Waals surface area contributed by atoms with E-state index in [0.29, 0.717) is 17.8 Å². The zero-order valence-electron chi connectivity index (χ0n) is 9.56. The predicted molar refractivity (Wildman–Crippen MR) is 74.0 cm³/mol. The molecule has 2 rings (SSSR count). The van der Waals surface area contributed by atoms with Crippen LogP contribution >= 0.6 is 15.9 Å². The Bertz CT molecular complexity index is 537. The first kappa shape index (κ1) is 12.6. The van der Waals surface area contributed by atoms with Crippen molar-refractivity contribution in [1.29, 1.82) is 0 Å². The summed E-state index contributed by atoms with van der Waals surface area (Å²) in [5, 5.41) is 2.81. The lowest BCUT2D eigenvalue weighted by Crippen LogP contribution is -2.22. The molecule has 0 aliphatic rings. The molecule has 0 atom stereocenters. The van der Waals surface area contributed by atoms with Gasteiger partial charge in [0.05, 0.1) is 0 Å². The third-order valence-electron chi connectivity index (χ3n) is 2.36. The van der Waals surface area contributed by atoms with Crippen LogP contribution in [-0.2, 0) is 6.54 Å². The van der Waals surface area contributed by atoms with Gasteiger partial charge in [-0.05, 0) is 29.8 Å². The molecule has 0 saturated carbocycles. The molecule has 0 spiro atoms. The number of hydrogen-bond donors (Lipinski definition) is 2. The maximum Gasteiger partial charge on any atom is 0.251 e. The summed E-state index contributed by atoms with van der Waals surface area (Å²) in [5.74, 6) is -0.160. The minimum Gasteiger partial charge on any atom is -0.399 e. The number of aromatic nitrogens is 1. The fraction of sp³-hybridized carbons (Fsp3) is 0.0769. The summed E-state index contributed by atoms with van der Waals surface area (Å²) in [5.41, 5.74) is 7.72. The first-order valence-electron chi connectivity index (χ1n) is 5.38. The van der Waals surface area contributed by atoms with E-state index in [2.05, 4.69) is 26.2 Å². The fourth-order valence-electron chi connectivity index (χ4n) is 1.53. The smallest absolute Gasteiger partial charge is 0.251 e. The van der Waals surface area contributed by atoms with Crippen LogP contribution in [0.25, 0.3) is 0 Å². The van der Waals surface area contributed by atoms with Crippen LogP contribution in [0, 0.1) is 0 Å². The SMILES string of the molecule is Nc1cc(Br)cc(C(=O)NCc2cccnc2)c1. The van der Waals surface area contributed by atoms with Crippen LogP contribution in [-0.4, -0.2) is 10.9 Å². The van der Waals surface area contributed by atoms with Gasteiger partial charge in [-0.25, -0.2) is 0 Å². The normalized spacial score (nSPS) is 10.1. The first-order valence-corrected chi connectivity index (χ1v) is 6.17. The Hall–Kier alpha value is -1.88. The maximum atomic E-state index is 11.9. The van der Waals surface area contributed by atoms with E-state index in [1.807, 2.05) is 12.1 Å². The lowest BCUT2D eigenvalue weighted by molar-refractivity contribution is 0.0951. The van der Waals surface area contributed by atoms with Gasteiger partial charge in [-0.1, -0.05) is 22.0 Å². The number of pyridine rings is 1. The van der Waals surface area contributed by atoms with Crippen molar-refractivity contribution in [2.45, 2.75) is 6.54 Å². The number of benzene rings is 1. The lowest BCUT2D eigenvalue weighted by Gasteiger charge is -2.06. The Morgan fingerprint density at radius 1 is 1.39 bits per heavy atom. The molecule has 1 aromatic heterocycles. The van der Waals surface area contributed by atoms with Gasteiger partial charge in [0, 0.05) is 34.7 Å². The molecular formula is C13H12BrN3O. The van der Waals surface area contributed by atoms with Crippen LogP contribution in [0.2, 0.25) is 0 Å². The number of nitrogens with two attached hydrogens (primary N) is 1. The van der Waals surface area contributed by atoms with Gasteiger partial charge < -0.3 is 11.1 Å². The molecule has 4 nitrogen and oxygen atoms in total. The van der Waals surface area contributed by atoms with Gasteiger partial charge in [0.2, 0.25) is 0 Å². The average molecular weight is 306 g/mol. The Labute approximate surface area is 113 Å². The zero-order chi connectivity index (χ0) is 13.0. The molecule has 0 radical (unpaired) electrons. The molecule has 0 fully saturated rings. The van der Waals surface area contributed by atoms with E-state index in [0.717, 1.165) is 10.0 Å². The Kier molecular flexibility index (Phi) is 3.94. The first-order chi connectivity index (χ1) is 8.65. The number of carbonyl (C=O) groups is 1. The molecule has 0 aliphatic heterocycles. The summed E-state index contributed by atoms with van der Waals surface area (Å²) in [6.45, 7) is 0.444. The van der Waals surface area contributed by atoms with Gasteiger partial charge in [-0.15, -0.1) is 0 Å².